The molecule has 3 nitrogen and oxygen atoms in total. The van der Waals surface area contributed by atoms with Gasteiger partial charge in [0.25, 0.3) is 5.56 Å². The van der Waals surface area contributed by atoms with Crippen molar-refractivity contribution in [2.45, 2.75) is 19.9 Å². The highest BCUT2D eigenvalue weighted by atomic mass is 19.1. The molecule has 0 aliphatic carbocycles. The quantitative estimate of drug-likeness (QED) is 0.764. The number of hydrogen-bond acceptors (Lipinski definition) is 2. The summed E-state index contributed by atoms with van der Waals surface area (Å²) in [5, 5.41) is 0. The number of alkyl halides is 1. The highest BCUT2D eigenvalue weighted by Crippen LogP contribution is 2.05. The van der Waals surface area contributed by atoms with E-state index in [1.54, 1.807) is 13.1 Å². The van der Waals surface area contributed by atoms with Crippen LogP contribution in [0, 0.1) is 6.92 Å². The fraction of sp³-hybridized carbons (Fsp3) is 0.444. The number of pyridine rings is 1. The van der Waals surface area contributed by atoms with Crippen LogP contribution in [-0.4, -0.2) is 11.2 Å². The second-order valence-corrected chi connectivity index (χ2v) is 2.99. The van der Waals surface area contributed by atoms with Gasteiger partial charge >= 0.3 is 0 Å². The number of aromatic nitrogens is 1. The van der Waals surface area contributed by atoms with Crippen LogP contribution in [-0.2, 0) is 6.54 Å². The lowest BCUT2D eigenvalue weighted by Gasteiger charge is -2.06. The van der Waals surface area contributed by atoms with E-state index in [1.807, 2.05) is 0 Å². The molecule has 1 heterocycles. The van der Waals surface area contributed by atoms with E-state index in [2.05, 4.69) is 0 Å². The molecule has 1 aromatic rings. The van der Waals surface area contributed by atoms with Crippen molar-refractivity contribution >= 4 is 5.69 Å². The summed E-state index contributed by atoms with van der Waals surface area (Å²) in [6, 6.07) is 1.47. The number of halogens is 1. The predicted molar refractivity (Wildman–Crippen MR) is 50.4 cm³/mol. The standard InChI is InChI=1S/C9H13FN2O/c1-7-5-9(13)12(4-2-3-10)6-8(7)11/h5-6H,2-4,11H2,1H3. The molecule has 72 valence electrons. The van der Waals surface area contributed by atoms with Gasteiger partial charge in [-0.15, -0.1) is 0 Å². The van der Waals surface area contributed by atoms with Gasteiger partial charge in [0, 0.05) is 18.8 Å². The number of nitrogens with zero attached hydrogens (tertiary/aromatic N) is 1. The molecule has 0 fully saturated rings. The molecule has 0 atom stereocenters. The zero-order chi connectivity index (χ0) is 9.84. The normalized spacial score (nSPS) is 10.3. The third-order valence-corrected chi connectivity index (χ3v) is 1.91. The lowest BCUT2D eigenvalue weighted by molar-refractivity contribution is 0.443. The van der Waals surface area contributed by atoms with Crippen molar-refractivity contribution in [1.82, 2.24) is 4.57 Å². The summed E-state index contributed by atoms with van der Waals surface area (Å²) in [5.41, 5.74) is 6.82. The van der Waals surface area contributed by atoms with E-state index in [1.165, 1.54) is 10.6 Å². The highest BCUT2D eigenvalue weighted by molar-refractivity contribution is 5.42. The molecule has 0 aliphatic rings. The number of nitrogens with two attached hydrogens (primary N) is 1. The minimum atomic E-state index is -0.416. The molecular formula is C9H13FN2O. The van der Waals surface area contributed by atoms with Gasteiger partial charge in [-0.25, -0.2) is 0 Å². The number of rotatable bonds is 3. The van der Waals surface area contributed by atoms with E-state index >= 15 is 0 Å². The largest absolute Gasteiger partial charge is 0.397 e. The van der Waals surface area contributed by atoms with E-state index in [0.717, 1.165) is 5.56 Å². The molecule has 1 aromatic heterocycles. The SMILES string of the molecule is Cc1cc(=O)n(CCCF)cc1N. The van der Waals surface area contributed by atoms with E-state index in [-0.39, 0.29) is 5.56 Å². The first-order chi connectivity index (χ1) is 6.15. The van der Waals surface area contributed by atoms with Crippen molar-refractivity contribution in [3.05, 3.63) is 28.2 Å². The Bertz CT molecular complexity index is 346. The zero-order valence-electron chi connectivity index (χ0n) is 7.59. The van der Waals surface area contributed by atoms with Crippen molar-refractivity contribution in [2.75, 3.05) is 12.4 Å². The Hall–Kier alpha value is -1.32. The molecule has 0 spiro atoms. The molecule has 13 heavy (non-hydrogen) atoms. The van der Waals surface area contributed by atoms with Crippen LogP contribution in [0.3, 0.4) is 0 Å². The number of aryl methyl sites for hydroxylation is 2. The highest BCUT2D eigenvalue weighted by Gasteiger charge is 1.99. The maximum absolute atomic E-state index is 11.8. The molecule has 0 saturated heterocycles. The molecule has 0 radical (unpaired) electrons. The fourth-order valence-corrected chi connectivity index (χ4v) is 1.09. The number of nitrogen functional groups attached to an aromatic ring is 1. The van der Waals surface area contributed by atoms with Crippen molar-refractivity contribution < 1.29 is 4.39 Å². The Labute approximate surface area is 76.0 Å². The zero-order valence-corrected chi connectivity index (χ0v) is 7.59. The maximum Gasteiger partial charge on any atom is 0.250 e. The first-order valence-electron chi connectivity index (χ1n) is 4.17. The summed E-state index contributed by atoms with van der Waals surface area (Å²) in [7, 11) is 0. The summed E-state index contributed by atoms with van der Waals surface area (Å²) in [6.45, 7) is 1.75. The number of anilines is 1. The van der Waals surface area contributed by atoms with E-state index in [9.17, 15) is 9.18 Å². The maximum atomic E-state index is 11.8. The van der Waals surface area contributed by atoms with Crippen LogP contribution in [0.2, 0.25) is 0 Å². The Morgan fingerprint density at radius 3 is 2.92 bits per heavy atom. The van der Waals surface area contributed by atoms with Gasteiger partial charge in [0.2, 0.25) is 0 Å². The van der Waals surface area contributed by atoms with E-state index in [0.29, 0.717) is 18.7 Å². The summed E-state index contributed by atoms with van der Waals surface area (Å²) >= 11 is 0. The van der Waals surface area contributed by atoms with Gasteiger partial charge < -0.3 is 10.3 Å². The van der Waals surface area contributed by atoms with Crippen LogP contribution >= 0.6 is 0 Å². The van der Waals surface area contributed by atoms with Crippen LogP contribution in [0.25, 0.3) is 0 Å². The topological polar surface area (TPSA) is 48.0 Å². The lowest BCUT2D eigenvalue weighted by atomic mass is 10.2. The third-order valence-electron chi connectivity index (χ3n) is 1.91. The first kappa shape index (κ1) is 9.77. The molecule has 0 amide bonds. The summed E-state index contributed by atoms with van der Waals surface area (Å²) in [4.78, 5) is 11.3. The van der Waals surface area contributed by atoms with Gasteiger partial charge in [0.1, 0.15) is 0 Å². The molecule has 4 heteroatoms. The Kier molecular flexibility index (Phi) is 3.06. The summed E-state index contributed by atoms with van der Waals surface area (Å²) in [6.07, 6.45) is 1.91. The average Bonchev–Trinajstić information content (AvgIpc) is 2.09. The van der Waals surface area contributed by atoms with Crippen LogP contribution in [0.15, 0.2) is 17.1 Å². The van der Waals surface area contributed by atoms with Crippen molar-refractivity contribution in [2.24, 2.45) is 0 Å². The van der Waals surface area contributed by atoms with Gasteiger partial charge in [0.15, 0.2) is 0 Å². The second-order valence-electron chi connectivity index (χ2n) is 2.99. The minimum Gasteiger partial charge on any atom is -0.397 e. The third kappa shape index (κ3) is 2.31. The molecule has 2 N–H and O–H groups in total. The van der Waals surface area contributed by atoms with Gasteiger partial charge in [-0.3, -0.25) is 9.18 Å². The Morgan fingerprint density at radius 1 is 1.62 bits per heavy atom. The Morgan fingerprint density at radius 2 is 2.31 bits per heavy atom. The fourth-order valence-electron chi connectivity index (χ4n) is 1.09. The molecule has 0 aromatic carbocycles. The predicted octanol–water partition coefficient (Wildman–Crippen LogP) is 1.10. The molecule has 0 unspecified atom stereocenters. The van der Waals surface area contributed by atoms with Crippen molar-refractivity contribution in [3.63, 3.8) is 0 Å². The molecule has 0 saturated carbocycles. The summed E-state index contributed by atoms with van der Waals surface area (Å²) < 4.78 is 13.3. The van der Waals surface area contributed by atoms with Crippen molar-refractivity contribution in [3.8, 4) is 0 Å². The van der Waals surface area contributed by atoms with Gasteiger partial charge in [-0.1, -0.05) is 0 Å². The lowest BCUT2D eigenvalue weighted by Crippen LogP contribution is -2.20. The van der Waals surface area contributed by atoms with Gasteiger partial charge in [-0.2, -0.15) is 0 Å². The molecular weight excluding hydrogens is 171 g/mol. The minimum absolute atomic E-state index is 0.125. The van der Waals surface area contributed by atoms with Gasteiger partial charge in [0.05, 0.1) is 12.4 Å². The van der Waals surface area contributed by atoms with E-state index in [4.69, 9.17) is 5.73 Å². The van der Waals surface area contributed by atoms with Crippen LogP contribution in [0.1, 0.15) is 12.0 Å². The van der Waals surface area contributed by atoms with Gasteiger partial charge in [-0.05, 0) is 18.9 Å². The molecule has 0 bridgehead atoms. The smallest absolute Gasteiger partial charge is 0.250 e. The van der Waals surface area contributed by atoms with Crippen LogP contribution in [0.5, 0.6) is 0 Å². The van der Waals surface area contributed by atoms with Crippen LogP contribution < -0.4 is 11.3 Å². The average molecular weight is 184 g/mol. The second kappa shape index (κ2) is 4.07. The molecule has 1 rings (SSSR count). The van der Waals surface area contributed by atoms with E-state index < -0.39 is 6.67 Å². The van der Waals surface area contributed by atoms with Crippen LogP contribution in [0.4, 0.5) is 10.1 Å². The summed E-state index contributed by atoms with van der Waals surface area (Å²) in [5.74, 6) is 0. The first-order valence-corrected chi connectivity index (χ1v) is 4.17. The number of hydrogen-bond donors (Lipinski definition) is 1. The molecule has 0 aliphatic heterocycles. The van der Waals surface area contributed by atoms with Crippen molar-refractivity contribution in [1.29, 1.82) is 0 Å². The Balaban J connectivity index is 2.95. The monoisotopic (exact) mass is 184 g/mol.